The molecule has 0 unspecified atom stereocenters. The van der Waals surface area contributed by atoms with Crippen molar-refractivity contribution in [3.63, 3.8) is 0 Å². The third-order valence-corrected chi connectivity index (χ3v) is 4.67. The fourth-order valence-corrected chi connectivity index (χ4v) is 3.31. The number of likely N-dealkylation sites (tertiary alicyclic amines) is 1. The highest BCUT2D eigenvalue weighted by Gasteiger charge is 2.23. The third-order valence-electron chi connectivity index (χ3n) is 4.67. The molecule has 5 heterocycles. The van der Waals surface area contributed by atoms with Crippen LogP contribution in [0.5, 0.6) is 0 Å². The Morgan fingerprint density at radius 3 is 2.80 bits per heavy atom. The van der Waals surface area contributed by atoms with Crippen molar-refractivity contribution in [1.82, 2.24) is 33.9 Å². The van der Waals surface area contributed by atoms with Crippen molar-refractivity contribution in [1.29, 1.82) is 0 Å². The molecule has 4 aromatic rings. The van der Waals surface area contributed by atoms with Crippen LogP contribution in [0.25, 0.3) is 22.4 Å². The Morgan fingerprint density at radius 2 is 1.96 bits per heavy atom. The molecular formula is C17H18N8. The lowest BCUT2D eigenvalue weighted by atomic mass is 10.1. The molecule has 5 rings (SSSR count). The highest BCUT2D eigenvalue weighted by atomic mass is 15.3. The topological polar surface area (TPSA) is 75.7 Å². The molecule has 126 valence electrons. The van der Waals surface area contributed by atoms with Gasteiger partial charge in [0.25, 0.3) is 0 Å². The lowest BCUT2D eigenvalue weighted by molar-refractivity contribution is 0.204. The maximum atomic E-state index is 4.57. The minimum atomic E-state index is 0.424. The summed E-state index contributed by atoms with van der Waals surface area (Å²) >= 11 is 0. The first-order valence-electron chi connectivity index (χ1n) is 8.27. The fraction of sp³-hybridized carbons (Fsp3) is 0.294. The van der Waals surface area contributed by atoms with Gasteiger partial charge in [0, 0.05) is 48.5 Å². The summed E-state index contributed by atoms with van der Waals surface area (Å²) in [5, 5.41) is 7.94. The average Bonchev–Trinajstić information content (AvgIpc) is 3.17. The van der Waals surface area contributed by atoms with Crippen molar-refractivity contribution < 1.29 is 0 Å². The van der Waals surface area contributed by atoms with E-state index < -0.39 is 0 Å². The van der Waals surface area contributed by atoms with Crippen LogP contribution in [0, 0.1) is 6.92 Å². The number of aromatic nitrogens is 6. The van der Waals surface area contributed by atoms with Gasteiger partial charge in [-0.25, -0.2) is 19.5 Å². The van der Waals surface area contributed by atoms with Crippen LogP contribution in [-0.2, 0) is 0 Å². The second-order valence-electron chi connectivity index (χ2n) is 6.62. The summed E-state index contributed by atoms with van der Waals surface area (Å²) in [6.45, 7) is 4.06. The first-order valence-corrected chi connectivity index (χ1v) is 8.27. The van der Waals surface area contributed by atoms with Gasteiger partial charge in [0.2, 0.25) is 11.7 Å². The SMILES string of the molecule is Cc1cnc2ncc(-c3ccn4nc(NC5CN(C)C5)ncc34)cn12. The molecule has 0 aliphatic carbocycles. The highest BCUT2D eigenvalue weighted by molar-refractivity contribution is 5.79. The summed E-state index contributed by atoms with van der Waals surface area (Å²) in [5.41, 5.74) is 4.08. The van der Waals surface area contributed by atoms with E-state index in [-0.39, 0.29) is 0 Å². The molecule has 25 heavy (non-hydrogen) atoms. The zero-order valence-electron chi connectivity index (χ0n) is 14.1. The monoisotopic (exact) mass is 334 g/mol. The van der Waals surface area contributed by atoms with E-state index in [1.54, 1.807) is 0 Å². The Bertz CT molecular complexity index is 1070. The maximum Gasteiger partial charge on any atom is 0.241 e. The van der Waals surface area contributed by atoms with Crippen LogP contribution in [0.4, 0.5) is 5.95 Å². The average molecular weight is 334 g/mol. The second-order valence-corrected chi connectivity index (χ2v) is 6.62. The molecule has 0 spiro atoms. The van der Waals surface area contributed by atoms with Gasteiger partial charge in [-0.05, 0) is 20.0 Å². The van der Waals surface area contributed by atoms with Crippen LogP contribution < -0.4 is 5.32 Å². The zero-order chi connectivity index (χ0) is 17.0. The van der Waals surface area contributed by atoms with E-state index in [0.29, 0.717) is 17.8 Å². The van der Waals surface area contributed by atoms with Gasteiger partial charge in [-0.15, -0.1) is 5.10 Å². The Morgan fingerprint density at radius 1 is 1.12 bits per heavy atom. The predicted octanol–water partition coefficient (Wildman–Crippen LogP) is 1.47. The van der Waals surface area contributed by atoms with Crippen molar-refractivity contribution in [2.24, 2.45) is 0 Å². The standard InChI is InChI=1S/C17H18N8/c1-11-5-19-17-20-6-12(8-24(11)17)14-3-4-25-15(14)7-18-16(22-25)21-13-9-23(2)10-13/h3-8,13H,9-10H2,1-2H3,(H,21,22). The summed E-state index contributed by atoms with van der Waals surface area (Å²) in [6, 6.07) is 2.47. The Kier molecular flexibility index (Phi) is 3.01. The van der Waals surface area contributed by atoms with Gasteiger partial charge in [0.1, 0.15) is 0 Å². The first kappa shape index (κ1) is 14.4. The van der Waals surface area contributed by atoms with Gasteiger partial charge in [0.05, 0.1) is 24.0 Å². The quantitative estimate of drug-likeness (QED) is 0.611. The molecule has 1 saturated heterocycles. The molecular weight excluding hydrogens is 316 g/mol. The summed E-state index contributed by atoms with van der Waals surface area (Å²) in [5.74, 6) is 1.37. The van der Waals surface area contributed by atoms with Gasteiger partial charge in [0.15, 0.2) is 0 Å². The van der Waals surface area contributed by atoms with Crippen LogP contribution in [0.3, 0.4) is 0 Å². The zero-order valence-corrected chi connectivity index (χ0v) is 14.1. The number of hydrogen-bond donors (Lipinski definition) is 1. The molecule has 0 atom stereocenters. The van der Waals surface area contributed by atoms with Gasteiger partial charge >= 0.3 is 0 Å². The fourth-order valence-electron chi connectivity index (χ4n) is 3.31. The molecule has 8 heteroatoms. The lowest BCUT2D eigenvalue weighted by Gasteiger charge is -2.36. The molecule has 1 aliphatic rings. The van der Waals surface area contributed by atoms with E-state index in [4.69, 9.17) is 0 Å². The van der Waals surface area contributed by atoms with Crippen LogP contribution in [0.2, 0.25) is 0 Å². The largest absolute Gasteiger partial charge is 0.348 e. The molecule has 0 aromatic carbocycles. The normalized spacial score (nSPS) is 15.8. The number of imidazole rings is 1. The second kappa shape index (κ2) is 5.25. The van der Waals surface area contributed by atoms with Crippen molar-refractivity contribution in [2.45, 2.75) is 13.0 Å². The number of rotatable bonds is 3. The molecule has 0 amide bonds. The van der Waals surface area contributed by atoms with Crippen LogP contribution in [0.1, 0.15) is 5.69 Å². The molecule has 1 fully saturated rings. The van der Waals surface area contributed by atoms with E-state index in [9.17, 15) is 0 Å². The summed E-state index contributed by atoms with van der Waals surface area (Å²) in [4.78, 5) is 15.4. The summed E-state index contributed by atoms with van der Waals surface area (Å²) < 4.78 is 3.85. The first-order chi connectivity index (χ1) is 12.2. The van der Waals surface area contributed by atoms with E-state index in [1.165, 1.54) is 0 Å². The Hall–Kier alpha value is -3.00. The van der Waals surface area contributed by atoms with Crippen molar-refractivity contribution in [2.75, 3.05) is 25.5 Å². The van der Waals surface area contributed by atoms with Gasteiger partial charge in [-0.1, -0.05) is 0 Å². The number of hydrogen-bond acceptors (Lipinski definition) is 6. The van der Waals surface area contributed by atoms with Crippen LogP contribution in [0.15, 0.2) is 37.1 Å². The molecule has 1 N–H and O–H groups in total. The number of nitrogens with one attached hydrogen (secondary N) is 1. The van der Waals surface area contributed by atoms with Gasteiger partial charge in [-0.3, -0.25) is 4.40 Å². The van der Waals surface area contributed by atoms with Crippen molar-refractivity contribution >= 4 is 17.2 Å². The highest BCUT2D eigenvalue weighted by Crippen LogP contribution is 2.25. The van der Waals surface area contributed by atoms with Crippen molar-refractivity contribution in [3.05, 3.63) is 42.7 Å². The van der Waals surface area contributed by atoms with Gasteiger partial charge < -0.3 is 10.2 Å². The smallest absolute Gasteiger partial charge is 0.241 e. The number of likely N-dealkylation sites (N-methyl/N-ethyl adjacent to an activating group) is 1. The molecule has 1 aliphatic heterocycles. The number of anilines is 1. The Balaban J connectivity index is 1.51. The van der Waals surface area contributed by atoms with Gasteiger partial charge in [-0.2, -0.15) is 0 Å². The predicted molar refractivity (Wildman–Crippen MR) is 94.6 cm³/mol. The minimum Gasteiger partial charge on any atom is -0.348 e. The van der Waals surface area contributed by atoms with Crippen LogP contribution in [-0.4, -0.2) is 60.0 Å². The minimum absolute atomic E-state index is 0.424. The van der Waals surface area contributed by atoms with E-state index in [1.807, 2.05) is 46.7 Å². The van der Waals surface area contributed by atoms with Crippen molar-refractivity contribution in [3.8, 4) is 11.1 Å². The summed E-state index contributed by atoms with van der Waals surface area (Å²) in [6.07, 6.45) is 9.53. The third kappa shape index (κ3) is 2.33. The molecule has 4 aromatic heterocycles. The number of aryl methyl sites for hydroxylation is 1. The van der Waals surface area contributed by atoms with E-state index in [0.717, 1.165) is 35.4 Å². The lowest BCUT2D eigenvalue weighted by Crippen LogP contribution is -2.52. The van der Waals surface area contributed by atoms with E-state index >= 15 is 0 Å². The summed E-state index contributed by atoms with van der Waals surface area (Å²) in [7, 11) is 2.10. The maximum absolute atomic E-state index is 4.57. The molecule has 0 saturated carbocycles. The van der Waals surface area contributed by atoms with E-state index in [2.05, 4.69) is 43.5 Å². The Labute approximate surface area is 144 Å². The molecule has 8 nitrogen and oxygen atoms in total. The number of nitrogens with zero attached hydrogens (tertiary/aromatic N) is 7. The number of fused-ring (bicyclic) bond motifs is 2. The molecule has 0 bridgehead atoms. The molecule has 0 radical (unpaired) electrons. The van der Waals surface area contributed by atoms with Crippen LogP contribution >= 0.6 is 0 Å².